The van der Waals surface area contributed by atoms with Crippen molar-refractivity contribution >= 4 is 5.91 Å². The van der Waals surface area contributed by atoms with Crippen molar-refractivity contribution in [3.8, 4) is 0 Å². The maximum atomic E-state index is 12.1. The highest BCUT2D eigenvalue weighted by atomic mass is 16.1. The molecule has 0 aliphatic carbocycles. The molecule has 0 saturated carbocycles. The minimum Gasteiger partial charge on any atom is -0.348 e. The van der Waals surface area contributed by atoms with Crippen LogP contribution in [0.2, 0.25) is 0 Å². The first kappa shape index (κ1) is 14.3. The van der Waals surface area contributed by atoms with Gasteiger partial charge in [-0.1, -0.05) is 42.0 Å². The Labute approximate surface area is 119 Å². The smallest absolute Gasteiger partial charge is 0.251 e. The molecule has 2 aromatic rings. The van der Waals surface area contributed by atoms with Gasteiger partial charge in [0.25, 0.3) is 5.91 Å². The van der Waals surface area contributed by atoms with Gasteiger partial charge in [-0.25, -0.2) is 0 Å². The van der Waals surface area contributed by atoms with Crippen LogP contribution < -0.4 is 11.1 Å². The van der Waals surface area contributed by atoms with Crippen molar-refractivity contribution in [2.45, 2.75) is 19.9 Å². The summed E-state index contributed by atoms with van der Waals surface area (Å²) in [6.07, 6.45) is 0.791. The third-order valence-electron chi connectivity index (χ3n) is 3.20. The summed E-state index contributed by atoms with van der Waals surface area (Å²) in [6, 6.07) is 15.8. The SMILES string of the molecule is Cc1ccc(CNC(=O)c2cccc(CCN)c2)cc1. The molecule has 2 rings (SSSR count). The molecule has 0 unspecified atom stereocenters. The first-order valence-corrected chi connectivity index (χ1v) is 6.82. The van der Waals surface area contributed by atoms with Crippen LogP contribution in [-0.4, -0.2) is 12.5 Å². The van der Waals surface area contributed by atoms with Gasteiger partial charge >= 0.3 is 0 Å². The van der Waals surface area contributed by atoms with Gasteiger partial charge in [-0.3, -0.25) is 4.79 Å². The van der Waals surface area contributed by atoms with E-state index < -0.39 is 0 Å². The topological polar surface area (TPSA) is 55.1 Å². The van der Waals surface area contributed by atoms with E-state index in [9.17, 15) is 4.79 Å². The minimum absolute atomic E-state index is 0.0514. The molecule has 20 heavy (non-hydrogen) atoms. The number of aryl methyl sites for hydroxylation is 1. The normalized spacial score (nSPS) is 10.3. The lowest BCUT2D eigenvalue weighted by atomic mass is 10.1. The number of hydrogen-bond donors (Lipinski definition) is 2. The van der Waals surface area contributed by atoms with Gasteiger partial charge in [-0.05, 0) is 43.1 Å². The molecule has 0 atom stereocenters. The van der Waals surface area contributed by atoms with Crippen molar-refractivity contribution in [1.29, 1.82) is 0 Å². The summed E-state index contributed by atoms with van der Waals surface area (Å²) in [5, 5.41) is 2.93. The van der Waals surface area contributed by atoms with E-state index >= 15 is 0 Å². The quantitative estimate of drug-likeness (QED) is 0.875. The maximum Gasteiger partial charge on any atom is 0.251 e. The number of carbonyl (C=O) groups excluding carboxylic acids is 1. The van der Waals surface area contributed by atoms with Gasteiger partial charge < -0.3 is 11.1 Å². The lowest BCUT2D eigenvalue weighted by Crippen LogP contribution is -2.22. The molecule has 0 bridgehead atoms. The summed E-state index contributed by atoms with van der Waals surface area (Å²) in [6.45, 7) is 3.18. The number of hydrogen-bond acceptors (Lipinski definition) is 2. The molecule has 0 aliphatic heterocycles. The first-order valence-electron chi connectivity index (χ1n) is 6.82. The number of benzene rings is 2. The molecule has 3 N–H and O–H groups in total. The Hall–Kier alpha value is -2.13. The van der Waals surface area contributed by atoms with Gasteiger partial charge in [0, 0.05) is 12.1 Å². The Kier molecular flexibility index (Phi) is 4.91. The fourth-order valence-electron chi connectivity index (χ4n) is 2.03. The van der Waals surface area contributed by atoms with Crippen LogP contribution >= 0.6 is 0 Å². The van der Waals surface area contributed by atoms with Crippen molar-refractivity contribution in [2.24, 2.45) is 5.73 Å². The highest BCUT2D eigenvalue weighted by molar-refractivity contribution is 5.94. The molecule has 3 nitrogen and oxygen atoms in total. The summed E-state index contributed by atoms with van der Waals surface area (Å²) < 4.78 is 0. The zero-order valence-corrected chi connectivity index (χ0v) is 11.7. The Morgan fingerprint density at radius 1 is 1.10 bits per heavy atom. The van der Waals surface area contributed by atoms with Gasteiger partial charge in [0.1, 0.15) is 0 Å². The largest absolute Gasteiger partial charge is 0.348 e. The number of rotatable bonds is 5. The lowest BCUT2D eigenvalue weighted by Gasteiger charge is -2.07. The predicted octanol–water partition coefficient (Wildman–Crippen LogP) is 2.43. The summed E-state index contributed by atoms with van der Waals surface area (Å²) in [5.41, 5.74) is 9.63. The van der Waals surface area contributed by atoms with Crippen LogP contribution in [0.3, 0.4) is 0 Å². The number of carbonyl (C=O) groups is 1. The van der Waals surface area contributed by atoms with Crippen molar-refractivity contribution < 1.29 is 4.79 Å². The van der Waals surface area contributed by atoms with Gasteiger partial charge in [0.15, 0.2) is 0 Å². The van der Waals surface area contributed by atoms with Crippen LogP contribution in [0.4, 0.5) is 0 Å². The number of nitrogens with two attached hydrogens (primary N) is 1. The molecular formula is C17H20N2O. The average Bonchev–Trinajstić information content (AvgIpc) is 2.47. The molecular weight excluding hydrogens is 248 g/mol. The lowest BCUT2D eigenvalue weighted by molar-refractivity contribution is 0.0951. The predicted molar refractivity (Wildman–Crippen MR) is 81.5 cm³/mol. The van der Waals surface area contributed by atoms with E-state index in [1.807, 2.05) is 55.5 Å². The van der Waals surface area contributed by atoms with E-state index in [1.54, 1.807) is 0 Å². The number of amides is 1. The van der Waals surface area contributed by atoms with Crippen LogP contribution in [0, 0.1) is 6.92 Å². The van der Waals surface area contributed by atoms with E-state index in [1.165, 1.54) is 5.56 Å². The fourth-order valence-corrected chi connectivity index (χ4v) is 2.03. The van der Waals surface area contributed by atoms with Gasteiger partial charge in [0.2, 0.25) is 0 Å². The first-order chi connectivity index (χ1) is 9.69. The highest BCUT2D eigenvalue weighted by Crippen LogP contribution is 2.07. The van der Waals surface area contributed by atoms with Gasteiger partial charge in [-0.2, -0.15) is 0 Å². The second-order valence-corrected chi connectivity index (χ2v) is 4.91. The van der Waals surface area contributed by atoms with E-state index in [0.717, 1.165) is 17.5 Å². The Balaban J connectivity index is 1.97. The monoisotopic (exact) mass is 268 g/mol. The van der Waals surface area contributed by atoms with Crippen molar-refractivity contribution in [2.75, 3.05) is 6.54 Å². The van der Waals surface area contributed by atoms with Gasteiger partial charge in [0.05, 0.1) is 0 Å². The molecule has 1 amide bonds. The minimum atomic E-state index is -0.0514. The van der Waals surface area contributed by atoms with E-state index in [4.69, 9.17) is 5.73 Å². The second-order valence-electron chi connectivity index (χ2n) is 4.91. The van der Waals surface area contributed by atoms with Crippen molar-refractivity contribution in [3.63, 3.8) is 0 Å². The van der Waals surface area contributed by atoms with Crippen molar-refractivity contribution in [1.82, 2.24) is 5.32 Å². The Bertz CT molecular complexity index is 576. The van der Waals surface area contributed by atoms with Crippen LogP contribution in [-0.2, 0) is 13.0 Å². The third kappa shape index (κ3) is 3.93. The van der Waals surface area contributed by atoms with E-state index in [2.05, 4.69) is 5.32 Å². The summed E-state index contributed by atoms with van der Waals surface area (Å²) >= 11 is 0. The third-order valence-corrected chi connectivity index (χ3v) is 3.20. The van der Waals surface area contributed by atoms with Crippen molar-refractivity contribution in [3.05, 3.63) is 70.8 Å². The Morgan fingerprint density at radius 3 is 2.55 bits per heavy atom. The molecule has 2 aromatic carbocycles. The molecule has 3 heteroatoms. The van der Waals surface area contributed by atoms with E-state index in [-0.39, 0.29) is 5.91 Å². The van der Waals surface area contributed by atoms with Crippen LogP contribution in [0.5, 0.6) is 0 Å². The molecule has 104 valence electrons. The zero-order chi connectivity index (χ0) is 14.4. The zero-order valence-electron chi connectivity index (χ0n) is 11.7. The van der Waals surface area contributed by atoms with E-state index in [0.29, 0.717) is 18.7 Å². The summed E-state index contributed by atoms with van der Waals surface area (Å²) in [4.78, 5) is 12.1. The standard InChI is InChI=1S/C17H20N2O/c1-13-5-7-15(8-6-13)12-19-17(20)16-4-2-3-14(11-16)9-10-18/h2-8,11H,9-10,12,18H2,1H3,(H,19,20). The molecule has 0 aromatic heterocycles. The van der Waals surface area contributed by atoms with Crippen LogP contribution in [0.15, 0.2) is 48.5 Å². The molecule has 0 radical (unpaired) electrons. The average molecular weight is 268 g/mol. The van der Waals surface area contributed by atoms with Crippen LogP contribution in [0.1, 0.15) is 27.0 Å². The summed E-state index contributed by atoms with van der Waals surface area (Å²) in [7, 11) is 0. The molecule has 0 aliphatic rings. The Morgan fingerprint density at radius 2 is 1.85 bits per heavy atom. The molecule has 0 saturated heterocycles. The number of nitrogens with one attached hydrogen (secondary N) is 1. The van der Waals surface area contributed by atoms with Crippen LogP contribution in [0.25, 0.3) is 0 Å². The fraction of sp³-hybridized carbons (Fsp3) is 0.235. The molecule has 0 spiro atoms. The second kappa shape index (κ2) is 6.87. The molecule has 0 fully saturated rings. The molecule has 0 heterocycles. The maximum absolute atomic E-state index is 12.1. The summed E-state index contributed by atoms with van der Waals surface area (Å²) in [5.74, 6) is -0.0514. The highest BCUT2D eigenvalue weighted by Gasteiger charge is 2.05. The van der Waals surface area contributed by atoms with Gasteiger partial charge in [-0.15, -0.1) is 0 Å².